The van der Waals surface area contributed by atoms with Gasteiger partial charge in [0.05, 0.1) is 36.8 Å². The Hall–Kier alpha value is -4.49. The highest BCUT2D eigenvalue weighted by Gasteiger charge is 2.24. The molecule has 0 unspecified atom stereocenters. The number of morpholine rings is 1. The maximum absolute atomic E-state index is 14.1. The fourth-order valence-corrected chi connectivity index (χ4v) is 5.16. The van der Waals surface area contributed by atoms with Crippen LogP contribution in [-0.2, 0) is 14.3 Å². The van der Waals surface area contributed by atoms with Gasteiger partial charge in [0.15, 0.2) is 11.6 Å². The van der Waals surface area contributed by atoms with Crippen LogP contribution < -0.4 is 20.9 Å². The molecule has 2 saturated heterocycles. The Morgan fingerprint density at radius 1 is 1.02 bits per heavy atom. The van der Waals surface area contributed by atoms with E-state index in [-0.39, 0.29) is 30.2 Å². The van der Waals surface area contributed by atoms with Gasteiger partial charge in [-0.3, -0.25) is 14.2 Å². The van der Waals surface area contributed by atoms with Crippen LogP contribution in [0.4, 0.5) is 20.3 Å². The third-order valence-electron chi connectivity index (χ3n) is 7.27. The van der Waals surface area contributed by atoms with Gasteiger partial charge in [0.25, 0.3) is 6.43 Å². The minimum atomic E-state index is -2.82. The van der Waals surface area contributed by atoms with E-state index in [1.807, 2.05) is 4.90 Å². The minimum Gasteiger partial charge on any atom is -0.378 e. The highest BCUT2D eigenvalue weighted by atomic mass is 19.3. The molecular weight excluding hydrogens is 546 g/mol. The Kier molecular flexibility index (Phi) is 8.02. The van der Waals surface area contributed by atoms with Crippen molar-refractivity contribution in [1.82, 2.24) is 30.2 Å². The normalized spacial score (nSPS) is 17.1. The predicted octanol–water partition coefficient (Wildman–Crippen LogP) is 3.06. The van der Waals surface area contributed by atoms with Crippen molar-refractivity contribution in [3.05, 3.63) is 60.4 Å². The summed E-state index contributed by atoms with van der Waals surface area (Å²) in [5.41, 5.74) is 2.12. The van der Waals surface area contributed by atoms with Gasteiger partial charge >= 0.3 is 0 Å². The number of hydrogen-bond acceptors (Lipinski definition) is 8. The summed E-state index contributed by atoms with van der Waals surface area (Å²) in [6.45, 7) is 2.90. The van der Waals surface area contributed by atoms with E-state index in [1.54, 1.807) is 54.6 Å². The van der Waals surface area contributed by atoms with Crippen molar-refractivity contribution in [3.63, 3.8) is 0 Å². The maximum atomic E-state index is 14.1. The molecule has 4 heterocycles. The first kappa shape index (κ1) is 27.7. The number of fused-ring (bicyclic) bond motifs is 1. The monoisotopic (exact) mass is 576 g/mol. The molecule has 2 aliphatic heterocycles. The summed E-state index contributed by atoms with van der Waals surface area (Å²) >= 11 is 0. The molecule has 6 rings (SSSR count). The van der Waals surface area contributed by atoms with Gasteiger partial charge in [-0.1, -0.05) is 12.1 Å². The van der Waals surface area contributed by atoms with Gasteiger partial charge in [0, 0.05) is 30.4 Å². The molecule has 42 heavy (non-hydrogen) atoms. The smallest absolute Gasteiger partial charge is 0.296 e. The first-order valence-corrected chi connectivity index (χ1v) is 13.9. The van der Waals surface area contributed by atoms with Crippen LogP contribution in [0.5, 0.6) is 0 Å². The Bertz CT molecular complexity index is 1580. The van der Waals surface area contributed by atoms with Crippen molar-refractivity contribution in [3.8, 4) is 17.2 Å². The molecule has 0 radical (unpaired) electrons. The van der Waals surface area contributed by atoms with Crippen LogP contribution in [0.25, 0.3) is 28.2 Å². The van der Waals surface area contributed by atoms with E-state index in [1.165, 1.54) is 4.57 Å². The summed E-state index contributed by atoms with van der Waals surface area (Å²) in [7, 11) is 0. The third kappa shape index (κ3) is 5.92. The number of ether oxygens (including phenoxy) is 1. The molecular formula is C29H30F2N8O3. The summed E-state index contributed by atoms with van der Waals surface area (Å²) in [5, 5.41) is 8.53. The number of aromatic nitrogens is 4. The van der Waals surface area contributed by atoms with Crippen LogP contribution in [0.2, 0.25) is 0 Å². The second kappa shape index (κ2) is 12.2. The second-order valence-electron chi connectivity index (χ2n) is 10.1. The zero-order valence-corrected chi connectivity index (χ0v) is 22.7. The zero-order chi connectivity index (χ0) is 29.1. The van der Waals surface area contributed by atoms with Crippen LogP contribution in [0.3, 0.4) is 0 Å². The topological polar surface area (TPSA) is 126 Å². The molecule has 13 heteroatoms. The number of halogens is 2. The Morgan fingerprint density at radius 3 is 2.52 bits per heavy atom. The van der Waals surface area contributed by atoms with E-state index in [2.05, 4.69) is 20.9 Å². The number of nitrogens with zero attached hydrogens (tertiary/aromatic N) is 5. The van der Waals surface area contributed by atoms with Crippen LogP contribution in [0.1, 0.15) is 25.1 Å². The molecule has 3 N–H and O–H groups in total. The summed E-state index contributed by atoms with van der Waals surface area (Å²) in [4.78, 5) is 40.2. The highest BCUT2D eigenvalue weighted by Crippen LogP contribution is 2.30. The molecule has 2 aromatic carbocycles. The standard InChI is InChI=1S/C29H30F2N8O3/c30-26(31)28-35-20-4-1-2-6-22(20)39(28)24-16-23(38-12-14-42-15-13-38)36-27(37-24)18-7-9-19(10-8-18)34-25(40)17-33-29(41)21-5-3-11-32-21/h1-2,4,6-10,16,21,26,32H,3,5,11-15,17H2,(H,33,41)(H,34,40)/t21-/m0/s1. The average molecular weight is 577 g/mol. The summed E-state index contributed by atoms with van der Waals surface area (Å²) < 4.78 is 35.1. The van der Waals surface area contributed by atoms with Crippen molar-refractivity contribution < 1.29 is 23.1 Å². The molecule has 2 aromatic heterocycles. The maximum Gasteiger partial charge on any atom is 0.296 e. The number of amides is 2. The molecule has 0 saturated carbocycles. The fraction of sp³-hybridized carbons (Fsp3) is 0.345. The Balaban J connectivity index is 1.28. The van der Waals surface area contributed by atoms with E-state index < -0.39 is 12.2 Å². The second-order valence-corrected chi connectivity index (χ2v) is 10.1. The molecule has 1 atom stereocenters. The summed E-state index contributed by atoms with van der Waals surface area (Å²) in [5.74, 6) is 0.251. The predicted molar refractivity (Wildman–Crippen MR) is 153 cm³/mol. The lowest BCUT2D eigenvalue weighted by atomic mass is 10.2. The lowest BCUT2D eigenvalue weighted by molar-refractivity contribution is -0.125. The minimum absolute atomic E-state index is 0.141. The number of rotatable bonds is 8. The Morgan fingerprint density at radius 2 is 1.79 bits per heavy atom. The van der Waals surface area contributed by atoms with Crippen molar-refractivity contribution >= 4 is 34.4 Å². The number of hydrogen-bond donors (Lipinski definition) is 3. The largest absolute Gasteiger partial charge is 0.378 e. The third-order valence-corrected chi connectivity index (χ3v) is 7.27. The van der Waals surface area contributed by atoms with Gasteiger partial charge < -0.3 is 25.6 Å². The number of nitrogens with one attached hydrogen (secondary N) is 3. The number of benzene rings is 2. The molecule has 0 spiro atoms. The van der Waals surface area contributed by atoms with Crippen LogP contribution in [0, 0.1) is 0 Å². The van der Waals surface area contributed by atoms with E-state index in [4.69, 9.17) is 14.7 Å². The number of carbonyl (C=O) groups is 2. The fourth-order valence-electron chi connectivity index (χ4n) is 5.16. The number of anilines is 2. The van der Waals surface area contributed by atoms with Gasteiger partial charge in [-0.05, 0) is 55.8 Å². The van der Waals surface area contributed by atoms with Crippen molar-refractivity contribution in [2.75, 3.05) is 49.6 Å². The summed E-state index contributed by atoms with van der Waals surface area (Å²) in [6.07, 6.45) is -1.13. The van der Waals surface area contributed by atoms with E-state index in [0.717, 1.165) is 19.4 Å². The van der Waals surface area contributed by atoms with Crippen LogP contribution in [-0.4, -0.2) is 76.8 Å². The molecule has 0 bridgehead atoms. The van der Waals surface area contributed by atoms with Crippen LogP contribution >= 0.6 is 0 Å². The van der Waals surface area contributed by atoms with Crippen molar-refractivity contribution in [1.29, 1.82) is 0 Å². The van der Waals surface area contributed by atoms with Crippen molar-refractivity contribution in [2.24, 2.45) is 0 Å². The van der Waals surface area contributed by atoms with E-state index in [9.17, 15) is 18.4 Å². The zero-order valence-electron chi connectivity index (χ0n) is 22.7. The Labute approximate surface area is 240 Å². The molecule has 218 valence electrons. The van der Waals surface area contributed by atoms with E-state index in [0.29, 0.717) is 60.2 Å². The number of imidazole rings is 1. The molecule has 4 aromatic rings. The van der Waals surface area contributed by atoms with Gasteiger partial charge in [-0.2, -0.15) is 0 Å². The van der Waals surface area contributed by atoms with Gasteiger partial charge in [-0.15, -0.1) is 0 Å². The van der Waals surface area contributed by atoms with Crippen LogP contribution in [0.15, 0.2) is 54.6 Å². The molecule has 2 amide bonds. The number of alkyl halides is 2. The quantitative estimate of drug-likeness (QED) is 0.292. The average Bonchev–Trinajstić information content (AvgIpc) is 3.70. The summed E-state index contributed by atoms with van der Waals surface area (Å²) in [6, 6.07) is 15.3. The molecule has 2 aliphatic rings. The van der Waals surface area contributed by atoms with E-state index >= 15 is 0 Å². The van der Waals surface area contributed by atoms with Gasteiger partial charge in [-0.25, -0.2) is 23.7 Å². The SMILES string of the molecule is O=C(CNC(=O)[C@@H]1CCCN1)Nc1ccc(-c2nc(N3CCOCC3)cc(-n3c(C(F)F)nc4ccccc43)n2)cc1. The first-order chi connectivity index (χ1) is 20.5. The lowest BCUT2D eigenvalue weighted by Gasteiger charge is -2.28. The lowest BCUT2D eigenvalue weighted by Crippen LogP contribution is -2.43. The molecule has 0 aliphatic carbocycles. The van der Waals surface area contributed by atoms with Gasteiger partial charge in [0.2, 0.25) is 11.8 Å². The molecule has 11 nitrogen and oxygen atoms in total. The number of para-hydroxylation sites is 2. The first-order valence-electron chi connectivity index (χ1n) is 13.9. The van der Waals surface area contributed by atoms with Gasteiger partial charge in [0.1, 0.15) is 11.6 Å². The molecule has 2 fully saturated rings. The number of carbonyl (C=O) groups excluding carboxylic acids is 2. The highest BCUT2D eigenvalue weighted by molar-refractivity contribution is 5.95. The van der Waals surface area contributed by atoms with Crippen molar-refractivity contribution in [2.45, 2.75) is 25.3 Å².